The maximum atomic E-state index is 5.72. The molecule has 0 aliphatic carbocycles. The molecule has 1 rings (SSSR count). The third kappa shape index (κ3) is 5.21. The van der Waals surface area contributed by atoms with Gasteiger partial charge in [0.2, 0.25) is 0 Å². The van der Waals surface area contributed by atoms with Gasteiger partial charge in [-0.2, -0.15) is 0 Å². The molecule has 0 N–H and O–H groups in total. The highest BCUT2D eigenvalue weighted by atomic mass is 127. The van der Waals surface area contributed by atoms with Crippen LogP contribution in [0.1, 0.15) is 51.9 Å². The smallest absolute Gasteiger partial charge is 0.0585 e. The molecule has 0 aromatic carbocycles. The van der Waals surface area contributed by atoms with Gasteiger partial charge < -0.3 is 4.74 Å². The molecule has 1 saturated heterocycles. The summed E-state index contributed by atoms with van der Waals surface area (Å²) < 4.78 is 6.59. The average Bonchev–Trinajstić information content (AvgIpc) is 2.13. The zero-order valence-electron chi connectivity index (χ0n) is 8.60. The fourth-order valence-electron chi connectivity index (χ4n) is 1.83. The highest BCUT2D eigenvalue weighted by Crippen LogP contribution is 2.24. The minimum absolute atomic E-state index is 0.576. The first kappa shape index (κ1) is 11.8. The van der Waals surface area contributed by atoms with E-state index in [-0.39, 0.29) is 0 Å². The first-order valence-corrected chi connectivity index (χ1v) is 6.83. The Labute approximate surface area is 95.8 Å². The van der Waals surface area contributed by atoms with Crippen LogP contribution in [0.3, 0.4) is 0 Å². The Hall–Kier alpha value is 0.690. The number of ether oxygens (including phenoxy) is 1. The maximum absolute atomic E-state index is 5.72. The molecule has 0 spiro atoms. The van der Waals surface area contributed by atoms with Crippen molar-refractivity contribution < 1.29 is 4.74 Å². The van der Waals surface area contributed by atoms with Crippen LogP contribution >= 0.6 is 22.6 Å². The lowest BCUT2D eigenvalue weighted by atomic mass is 10.0. The van der Waals surface area contributed by atoms with Crippen molar-refractivity contribution in [2.45, 2.75) is 61.9 Å². The minimum atomic E-state index is 0.576. The van der Waals surface area contributed by atoms with Gasteiger partial charge in [0, 0.05) is 10.5 Å². The van der Waals surface area contributed by atoms with Gasteiger partial charge >= 0.3 is 0 Å². The summed E-state index contributed by atoms with van der Waals surface area (Å²) in [5.74, 6) is 0. The molecule has 1 fully saturated rings. The van der Waals surface area contributed by atoms with Crippen LogP contribution in [0.5, 0.6) is 0 Å². The molecule has 0 saturated carbocycles. The average molecular weight is 296 g/mol. The van der Waals surface area contributed by atoms with Crippen LogP contribution in [0.2, 0.25) is 0 Å². The first-order valence-electron chi connectivity index (χ1n) is 5.58. The third-order valence-corrected chi connectivity index (χ3v) is 3.81. The number of halogens is 1. The van der Waals surface area contributed by atoms with E-state index >= 15 is 0 Å². The largest absolute Gasteiger partial charge is 0.378 e. The predicted octanol–water partition coefficient (Wildman–Crippen LogP) is 3.94. The summed E-state index contributed by atoms with van der Waals surface area (Å²) in [7, 11) is 0. The topological polar surface area (TPSA) is 9.23 Å². The summed E-state index contributed by atoms with van der Waals surface area (Å²) in [4.78, 5) is 0. The second-order valence-corrected chi connectivity index (χ2v) is 5.73. The lowest BCUT2D eigenvalue weighted by Crippen LogP contribution is -2.25. The van der Waals surface area contributed by atoms with Crippen LogP contribution in [0.25, 0.3) is 0 Å². The second kappa shape index (κ2) is 7.04. The van der Waals surface area contributed by atoms with Gasteiger partial charge in [-0.1, -0.05) is 55.2 Å². The van der Waals surface area contributed by atoms with E-state index in [0.29, 0.717) is 6.10 Å². The SMILES string of the molecule is CCCCCC[C@H]1C[C@H](I)CCO1. The molecule has 0 radical (unpaired) electrons. The molecule has 1 aliphatic rings. The predicted molar refractivity (Wildman–Crippen MR) is 65.5 cm³/mol. The van der Waals surface area contributed by atoms with E-state index in [9.17, 15) is 0 Å². The van der Waals surface area contributed by atoms with Crippen LogP contribution < -0.4 is 0 Å². The quantitative estimate of drug-likeness (QED) is 0.424. The summed E-state index contributed by atoms with van der Waals surface area (Å²) >= 11 is 2.56. The molecular formula is C11H21IO. The molecule has 13 heavy (non-hydrogen) atoms. The maximum Gasteiger partial charge on any atom is 0.0585 e. The van der Waals surface area contributed by atoms with E-state index in [1.165, 1.54) is 44.9 Å². The number of hydrogen-bond acceptors (Lipinski definition) is 1. The van der Waals surface area contributed by atoms with Crippen molar-refractivity contribution >= 4 is 22.6 Å². The van der Waals surface area contributed by atoms with E-state index in [2.05, 4.69) is 29.5 Å². The molecule has 2 atom stereocenters. The summed E-state index contributed by atoms with van der Waals surface area (Å²) in [6, 6.07) is 0. The molecule has 0 aromatic heterocycles. The molecule has 1 aliphatic heterocycles. The molecule has 0 bridgehead atoms. The molecule has 0 unspecified atom stereocenters. The Bertz CT molecular complexity index is 127. The Balaban J connectivity index is 2.00. The lowest BCUT2D eigenvalue weighted by molar-refractivity contribution is 0.0145. The van der Waals surface area contributed by atoms with Crippen molar-refractivity contribution in [1.82, 2.24) is 0 Å². The van der Waals surface area contributed by atoms with Gasteiger partial charge in [0.25, 0.3) is 0 Å². The van der Waals surface area contributed by atoms with Crippen LogP contribution in [-0.4, -0.2) is 16.6 Å². The van der Waals surface area contributed by atoms with Crippen molar-refractivity contribution in [1.29, 1.82) is 0 Å². The Kier molecular flexibility index (Phi) is 6.37. The van der Waals surface area contributed by atoms with Gasteiger partial charge in [-0.25, -0.2) is 0 Å². The van der Waals surface area contributed by atoms with Crippen molar-refractivity contribution in [2.24, 2.45) is 0 Å². The van der Waals surface area contributed by atoms with Gasteiger partial charge in [0.1, 0.15) is 0 Å². The fraction of sp³-hybridized carbons (Fsp3) is 1.00. The molecular weight excluding hydrogens is 275 g/mol. The van der Waals surface area contributed by atoms with Crippen molar-refractivity contribution in [3.05, 3.63) is 0 Å². The molecule has 0 amide bonds. The number of hydrogen-bond donors (Lipinski definition) is 0. The zero-order valence-corrected chi connectivity index (χ0v) is 10.8. The van der Waals surface area contributed by atoms with E-state index in [4.69, 9.17) is 4.74 Å². The molecule has 1 heterocycles. The number of unbranched alkanes of at least 4 members (excludes halogenated alkanes) is 3. The summed E-state index contributed by atoms with van der Waals surface area (Å²) in [6.07, 6.45) is 9.89. The monoisotopic (exact) mass is 296 g/mol. The summed E-state index contributed by atoms with van der Waals surface area (Å²) in [5.41, 5.74) is 0. The van der Waals surface area contributed by atoms with Gasteiger partial charge in [0.15, 0.2) is 0 Å². The van der Waals surface area contributed by atoms with Crippen LogP contribution in [-0.2, 0) is 4.74 Å². The standard InChI is InChI=1S/C11H21IO/c1-2-3-4-5-6-11-9-10(12)7-8-13-11/h10-11H,2-9H2,1H3/t10-,11+/m1/s1. The number of rotatable bonds is 5. The summed E-state index contributed by atoms with van der Waals surface area (Å²) in [6.45, 7) is 3.25. The van der Waals surface area contributed by atoms with Gasteiger partial charge in [-0.15, -0.1) is 0 Å². The highest BCUT2D eigenvalue weighted by Gasteiger charge is 2.19. The van der Waals surface area contributed by atoms with Crippen molar-refractivity contribution in [3.63, 3.8) is 0 Å². The molecule has 78 valence electrons. The van der Waals surface area contributed by atoms with E-state index < -0.39 is 0 Å². The number of alkyl halides is 1. The van der Waals surface area contributed by atoms with Gasteiger partial charge in [0.05, 0.1) is 6.10 Å². The highest BCUT2D eigenvalue weighted by molar-refractivity contribution is 14.1. The normalized spacial score (nSPS) is 29.1. The van der Waals surface area contributed by atoms with Gasteiger partial charge in [-0.05, 0) is 19.3 Å². The first-order chi connectivity index (χ1) is 6.33. The second-order valence-electron chi connectivity index (χ2n) is 3.96. The molecule has 1 nitrogen and oxygen atoms in total. The van der Waals surface area contributed by atoms with E-state index in [1.54, 1.807) is 0 Å². The van der Waals surface area contributed by atoms with Crippen LogP contribution in [0.4, 0.5) is 0 Å². The Morgan fingerprint density at radius 3 is 2.85 bits per heavy atom. The molecule has 0 aromatic rings. The van der Waals surface area contributed by atoms with Crippen molar-refractivity contribution in [2.75, 3.05) is 6.61 Å². The summed E-state index contributed by atoms with van der Waals surface area (Å²) in [5, 5.41) is 0. The zero-order chi connectivity index (χ0) is 9.52. The van der Waals surface area contributed by atoms with Crippen LogP contribution in [0.15, 0.2) is 0 Å². The Morgan fingerprint density at radius 2 is 2.15 bits per heavy atom. The third-order valence-electron chi connectivity index (χ3n) is 2.68. The Morgan fingerprint density at radius 1 is 1.31 bits per heavy atom. The lowest BCUT2D eigenvalue weighted by Gasteiger charge is -2.26. The van der Waals surface area contributed by atoms with Gasteiger partial charge in [-0.3, -0.25) is 0 Å². The van der Waals surface area contributed by atoms with Crippen molar-refractivity contribution in [3.8, 4) is 0 Å². The van der Waals surface area contributed by atoms with E-state index in [0.717, 1.165) is 10.5 Å². The van der Waals surface area contributed by atoms with Crippen LogP contribution in [0, 0.1) is 0 Å². The minimum Gasteiger partial charge on any atom is -0.378 e. The van der Waals surface area contributed by atoms with E-state index in [1.807, 2.05) is 0 Å². The fourth-order valence-corrected chi connectivity index (χ4v) is 2.66. The molecule has 2 heteroatoms.